The van der Waals surface area contributed by atoms with E-state index in [-0.39, 0.29) is 37.1 Å². The molecule has 1 radical (unpaired) electrons. The predicted octanol–water partition coefficient (Wildman–Crippen LogP) is 8.40. The summed E-state index contributed by atoms with van der Waals surface area (Å²) in [5.41, 5.74) is 4.78. The van der Waals surface area contributed by atoms with Gasteiger partial charge in [0.1, 0.15) is 5.76 Å². The molecular formula is C31H41IrN2O2-. The topological polar surface area (TPSA) is 63.1 Å². The standard InChI is InChI=1S/C20H21N2.C11H20O2.Ir/c1-4-15(5-2)17-9-14(3)10-18(11-17)20-12-19-16(13-22-20)7-6-8-21-19;1-10(2,3)8(12)7-9(13)11(4,5)6;/h6-9,11-13,15H,4-5H2,1-3H3;7,12H,1-6H3;/q-1;;/b;8-7-;. The Morgan fingerprint density at radius 2 is 1.67 bits per heavy atom. The van der Waals surface area contributed by atoms with Gasteiger partial charge in [-0.3, -0.25) is 9.78 Å². The first-order chi connectivity index (χ1) is 16.3. The van der Waals surface area contributed by atoms with E-state index in [1.807, 2.05) is 66.1 Å². The molecule has 0 atom stereocenters. The van der Waals surface area contributed by atoms with Crippen LogP contribution >= 0.6 is 0 Å². The second kappa shape index (κ2) is 13.3. The van der Waals surface area contributed by atoms with Gasteiger partial charge in [0.05, 0.1) is 5.52 Å². The Hall–Kier alpha value is -2.36. The van der Waals surface area contributed by atoms with Gasteiger partial charge in [-0.05, 0) is 23.7 Å². The van der Waals surface area contributed by atoms with Crippen LogP contribution in [-0.4, -0.2) is 20.9 Å². The van der Waals surface area contributed by atoms with Crippen molar-refractivity contribution >= 4 is 16.7 Å². The average molecular weight is 666 g/mol. The largest absolute Gasteiger partial charge is 0.512 e. The number of carbonyl (C=O) groups excluding carboxylic acids is 1. The number of aryl methyl sites for hydroxylation is 1. The smallest absolute Gasteiger partial charge is 0.164 e. The molecule has 0 unspecified atom stereocenters. The predicted molar refractivity (Wildman–Crippen MR) is 146 cm³/mol. The number of hydrogen-bond acceptors (Lipinski definition) is 4. The van der Waals surface area contributed by atoms with Crippen molar-refractivity contribution in [2.45, 2.75) is 81.1 Å². The monoisotopic (exact) mass is 666 g/mol. The first-order valence-electron chi connectivity index (χ1n) is 12.5. The van der Waals surface area contributed by atoms with Crippen molar-refractivity contribution in [2.24, 2.45) is 10.8 Å². The third-order valence-corrected chi connectivity index (χ3v) is 6.02. The van der Waals surface area contributed by atoms with Gasteiger partial charge >= 0.3 is 0 Å². The Morgan fingerprint density at radius 3 is 2.22 bits per heavy atom. The van der Waals surface area contributed by atoms with Gasteiger partial charge < -0.3 is 10.1 Å². The number of ketones is 1. The van der Waals surface area contributed by atoms with Gasteiger partial charge in [0, 0.05) is 54.8 Å². The van der Waals surface area contributed by atoms with Crippen LogP contribution in [0.15, 0.2) is 54.6 Å². The zero-order chi connectivity index (χ0) is 26.4. The van der Waals surface area contributed by atoms with E-state index in [1.54, 1.807) is 0 Å². The van der Waals surface area contributed by atoms with Crippen LogP contribution in [0.1, 0.15) is 85.3 Å². The summed E-state index contributed by atoms with van der Waals surface area (Å²) in [5.74, 6) is 0.706. The molecule has 1 N–H and O–H groups in total. The number of carbonyl (C=O) groups is 1. The fraction of sp³-hybridized carbons (Fsp3) is 0.452. The summed E-state index contributed by atoms with van der Waals surface area (Å²) in [5, 5.41) is 10.6. The van der Waals surface area contributed by atoms with Gasteiger partial charge in [0.15, 0.2) is 5.78 Å². The number of pyridine rings is 2. The third kappa shape index (κ3) is 8.94. The van der Waals surface area contributed by atoms with Crippen LogP contribution in [0.2, 0.25) is 0 Å². The van der Waals surface area contributed by atoms with Crippen LogP contribution in [0.4, 0.5) is 0 Å². The number of rotatable bonds is 5. The molecule has 0 spiro atoms. The molecule has 0 bridgehead atoms. The molecule has 0 aliphatic carbocycles. The van der Waals surface area contributed by atoms with Crippen molar-refractivity contribution in [2.75, 3.05) is 0 Å². The van der Waals surface area contributed by atoms with Crippen molar-refractivity contribution < 1.29 is 30.0 Å². The van der Waals surface area contributed by atoms with Gasteiger partial charge in [-0.2, -0.15) is 0 Å². The number of allylic oxidation sites excluding steroid dienone is 2. The Morgan fingerprint density at radius 1 is 1.03 bits per heavy atom. The quantitative estimate of drug-likeness (QED) is 0.169. The second-order valence-electron chi connectivity index (χ2n) is 11.2. The van der Waals surface area contributed by atoms with Gasteiger partial charge in [0.25, 0.3) is 0 Å². The normalized spacial score (nSPS) is 12.1. The third-order valence-electron chi connectivity index (χ3n) is 6.02. The molecule has 1 aromatic carbocycles. The van der Waals surface area contributed by atoms with Crippen LogP contribution in [-0.2, 0) is 24.9 Å². The van der Waals surface area contributed by atoms with Crippen molar-refractivity contribution in [3.05, 3.63) is 71.8 Å². The van der Waals surface area contributed by atoms with E-state index in [1.165, 1.54) is 17.2 Å². The summed E-state index contributed by atoms with van der Waals surface area (Å²) in [7, 11) is 0. The van der Waals surface area contributed by atoms with Gasteiger partial charge in [0.2, 0.25) is 0 Å². The molecule has 0 aliphatic heterocycles. The minimum atomic E-state index is -0.417. The van der Waals surface area contributed by atoms with E-state index < -0.39 is 5.41 Å². The van der Waals surface area contributed by atoms with E-state index in [0.29, 0.717) is 5.92 Å². The molecule has 3 rings (SSSR count). The number of aliphatic hydroxyl groups excluding tert-OH is 1. The zero-order valence-corrected chi connectivity index (χ0v) is 25.6. The fourth-order valence-corrected chi connectivity index (χ4v) is 3.55. The van der Waals surface area contributed by atoms with Crippen LogP contribution in [0.5, 0.6) is 0 Å². The van der Waals surface area contributed by atoms with E-state index >= 15 is 0 Å². The molecule has 2 heterocycles. The first-order valence-corrected chi connectivity index (χ1v) is 12.5. The Bertz CT molecular complexity index is 1180. The summed E-state index contributed by atoms with van der Waals surface area (Å²) in [6.45, 7) is 17.7. The van der Waals surface area contributed by atoms with Gasteiger partial charge in [-0.1, -0.05) is 81.2 Å². The number of fused-ring (bicyclic) bond motifs is 1. The van der Waals surface area contributed by atoms with Gasteiger partial charge in [-0.25, -0.2) is 0 Å². The molecule has 5 heteroatoms. The van der Waals surface area contributed by atoms with E-state index in [2.05, 4.69) is 55.0 Å². The average Bonchev–Trinajstić information content (AvgIpc) is 2.78. The van der Waals surface area contributed by atoms with Crippen molar-refractivity contribution in [1.29, 1.82) is 0 Å². The molecule has 0 aliphatic rings. The molecule has 2 aromatic heterocycles. The molecule has 0 fully saturated rings. The van der Waals surface area contributed by atoms with Crippen molar-refractivity contribution in [3.63, 3.8) is 0 Å². The maximum Gasteiger partial charge on any atom is 0.164 e. The Labute approximate surface area is 231 Å². The zero-order valence-electron chi connectivity index (χ0n) is 23.2. The van der Waals surface area contributed by atoms with Crippen LogP contribution in [0.25, 0.3) is 22.2 Å². The molecule has 0 amide bonds. The molecule has 197 valence electrons. The summed E-state index contributed by atoms with van der Waals surface area (Å²) >= 11 is 0. The summed E-state index contributed by atoms with van der Waals surface area (Å²) < 4.78 is 0. The van der Waals surface area contributed by atoms with E-state index in [0.717, 1.165) is 35.0 Å². The summed E-state index contributed by atoms with van der Waals surface area (Å²) in [6, 6.07) is 14.0. The van der Waals surface area contributed by atoms with Crippen LogP contribution in [0.3, 0.4) is 0 Å². The van der Waals surface area contributed by atoms with Crippen LogP contribution < -0.4 is 0 Å². The van der Waals surface area contributed by atoms with Crippen LogP contribution in [0, 0.1) is 23.8 Å². The molecular weight excluding hydrogens is 625 g/mol. The first kappa shape index (κ1) is 31.7. The molecule has 0 saturated heterocycles. The Kier molecular flexibility index (Phi) is 11.7. The maximum absolute atomic E-state index is 11.5. The maximum atomic E-state index is 11.5. The fourth-order valence-electron chi connectivity index (χ4n) is 3.55. The Balaban J connectivity index is 0.000000402. The van der Waals surface area contributed by atoms with Gasteiger partial charge in [-0.15, -0.1) is 34.9 Å². The number of nitrogens with zero attached hydrogens (tertiary/aromatic N) is 2. The molecule has 4 nitrogen and oxygen atoms in total. The SMILES string of the molecule is CC(C)(C)C(=O)/C=C(\O)C(C)(C)C.CCC(CC)c1cc(C)[c-]c(-c2cc3ncccc3cn2)c1.[Ir]. The molecule has 0 saturated carbocycles. The molecule has 3 aromatic rings. The van der Waals surface area contributed by atoms with Crippen molar-refractivity contribution in [1.82, 2.24) is 9.97 Å². The van der Waals surface area contributed by atoms with E-state index in [4.69, 9.17) is 0 Å². The van der Waals surface area contributed by atoms with E-state index in [9.17, 15) is 9.90 Å². The second-order valence-corrected chi connectivity index (χ2v) is 11.2. The number of benzene rings is 1. The number of aliphatic hydroxyl groups is 1. The molecule has 36 heavy (non-hydrogen) atoms. The summed E-state index contributed by atoms with van der Waals surface area (Å²) in [4.78, 5) is 20.5. The minimum absolute atomic E-state index is 0. The van der Waals surface area contributed by atoms with Crippen molar-refractivity contribution in [3.8, 4) is 11.3 Å². The number of hydrogen-bond donors (Lipinski definition) is 1. The number of aromatic nitrogens is 2. The summed E-state index contributed by atoms with van der Waals surface area (Å²) in [6.07, 6.45) is 7.37. The minimum Gasteiger partial charge on any atom is -0.512 e.